The van der Waals surface area contributed by atoms with Crippen LogP contribution < -0.4 is 5.32 Å². The molecule has 1 saturated carbocycles. The third-order valence-corrected chi connectivity index (χ3v) is 6.07. The fraction of sp³-hybridized carbons (Fsp3) is 0.714. The lowest BCUT2D eigenvalue weighted by Crippen LogP contribution is -2.63. The average Bonchev–Trinajstić information content (AvgIpc) is 3.10. The Labute approximate surface area is 122 Å². The summed E-state index contributed by atoms with van der Waals surface area (Å²) in [5, 5.41) is 3.67. The SMILES string of the molecule is CC1CN(Cc2ccc(Br)s2)C(C)(C2CC2)CN1. The molecule has 0 aromatic carbocycles. The molecule has 1 saturated heterocycles. The molecule has 1 aromatic heterocycles. The van der Waals surface area contributed by atoms with Crippen molar-refractivity contribution in [3.63, 3.8) is 0 Å². The number of rotatable bonds is 3. The van der Waals surface area contributed by atoms with Crippen LogP contribution in [0.1, 0.15) is 31.6 Å². The first-order valence-corrected chi connectivity index (χ1v) is 8.41. The molecule has 1 aromatic rings. The molecular weight excluding hydrogens is 308 g/mol. The zero-order valence-electron chi connectivity index (χ0n) is 11.1. The summed E-state index contributed by atoms with van der Waals surface area (Å²) in [6.07, 6.45) is 2.83. The quantitative estimate of drug-likeness (QED) is 0.913. The number of hydrogen-bond acceptors (Lipinski definition) is 3. The van der Waals surface area contributed by atoms with Crippen LogP contribution in [0.2, 0.25) is 0 Å². The highest BCUT2D eigenvalue weighted by molar-refractivity contribution is 9.11. The van der Waals surface area contributed by atoms with Crippen molar-refractivity contribution < 1.29 is 0 Å². The summed E-state index contributed by atoms with van der Waals surface area (Å²) in [6.45, 7) is 8.17. The van der Waals surface area contributed by atoms with Gasteiger partial charge in [0.1, 0.15) is 0 Å². The molecule has 2 unspecified atom stereocenters. The summed E-state index contributed by atoms with van der Waals surface area (Å²) in [5.74, 6) is 0.904. The van der Waals surface area contributed by atoms with Gasteiger partial charge in [-0.2, -0.15) is 0 Å². The van der Waals surface area contributed by atoms with Crippen LogP contribution in [0.5, 0.6) is 0 Å². The van der Waals surface area contributed by atoms with Crippen molar-refractivity contribution in [1.29, 1.82) is 0 Å². The lowest BCUT2D eigenvalue weighted by atomic mass is 9.89. The second kappa shape index (κ2) is 4.89. The van der Waals surface area contributed by atoms with Crippen molar-refractivity contribution in [3.05, 3.63) is 20.8 Å². The van der Waals surface area contributed by atoms with E-state index >= 15 is 0 Å². The molecule has 100 valence electrons. The van der Waals surface area contributed by atoms with E-state index in [9.17, 15) is 0 Å². The molecule has 1 aliphatic carbocycles. The van der Waals surface area contributed by atoms with E-state index in [1.807, 2.05) is 11.3 Å². The van der Waals surface area contributed by atoms with Gasteiger partial charge in [0, 0.05) is 36.1 Å². The first-order chi connectivity index (χ1) is 8.58. The van der Waals surface area contributed by atoms with Crippen LogP contribution in [0, 0.1) is 5.92 Å². The molecule has 0 amide bonds. The van der Waals surface area contributed by atoms with E-state index in [1.165, 1.54) is 28.0 Å². The molecule has 2 heterocycles. The van der Waals surface area contributed by atoms with Crippen LogP contribution >= 0.6 is 27.3 Å². The number of thiophene rings is 1. The van der Waals surface area contributed by atoms with Gasteiger partial charge in [-0.1, -0.05) is 0 Å². The number of nitrogens with zero attached hydrogens (tertiary/aromatic N) is 1. The topological polar surface area (TPSA) is 15.3 Å². The van der Waals surface area contributed by atoms with Crippen molar-refractivity contribution in [2.75, 3.05) is 13.1 Å². The Bertz CT molecular complexity index is 429. The monoisotopic (exact) mass is 328 g/mol. The Morgan fingerprint density at radius 2 is 2.28 bits per heavy atom. The largest absolute Gasteiger partial charge is 0.311 e. The molecule has 0 bridgehead atoms. The lowest BCUT2D eigenvalue weighted by molar-refractivity contribution is 0.0320. The maximum absolute atomic E-state index is 3.67. The standard InChI is InChI=1S/C14H21BrN2S/c1-10-7-17(8-12-5-6-13(15)18-12)14(2,9-16-10)11-3-4-11/h5-6,10-11,16H,3-4,7-9H2,1-2H3. The van der Waals surface area contributed by atoms with Crippen molar-refractivity contribution in [2.24, 2.45) is 5.92 Å². The van der Waals surface area contributed by atoms with Crippen LogP contribution in [0.3, 0.4) is 0 Å². The number of hydrogen-bond donors (Lipinski definition) is 1. The molecule has 1 N–H and O–H groups in total. The smallest absolute Gasteiger partial charge is 0.0701 e. The second-order valence-corrected chi connectivity index (χ2v) is 8.55. The molecule has 0 radical (unpaired) electrons. The van der Waals surface area contributed by atoms with Gasteiger partial charge in [-0.15, -0.1) is 11.3 Å². The Balaban J connectivity index is 1.77. The van der Waals surface area contributed by atoms with Crippen LogP contribution in [0.25, 0.3) is 0 Å². The maximum atomic E-state index is 3.67. The number of piperazine rings is 1. The molecule has 3 rings (SSSR count). The zero-order valence-corrected chi connectivity index (χ0v) is 13.5. The minimum absolute atomic E-state index is 0.364. The molecule has 1 aliphatic heterocycles. The summed E-state index contributed by atoms with van der Waals surface area (Å²) in [4.78, 5) is 4.19. The fourth-order valence-corrected chi connectivity index (χ4v) is 4.57. The predicted molar refractivity (Wildman–Crippen MR) is 81.0 cm³/mol. The Hall–Kier alpha value is 0.1000. The summed E-state index contributed by atoms with van der Waals surface area (Å²) < 4.78 is 1.24. The van der Waals surface area contributed by atoms with E-state index in [-0.39, 0.29) is 0 Å². The van der Waals surface area contributed by atoms with Crippen LogP contribution in [0.15, 0.2) is 15.9 Å². The fourth-order valence-electron chi connectivity index (χ4n) is 3.07. The maximum Gasteiger partial charge on any atom is 0.0701 e. The Kier molecular flexibility index (Phi) is 3.56. The van der Waals surface area contributed by atoms with Crippen molar-refractivity contribution in [1.82, 2.24) is 10.2 Å². The molecule has 2 atom stereocenters. The van der Waals surface area contributed by atoms with Crippen molar-refractivity contribution in [3.8, 4) is 0 Å². The third kappa shape index (κ3) is 2.53. The highest BCUT2D eigenvalue weighted by Gasteiger charge is 2.47. The third-order valence-electron chi connectivity index (χ3n) is 4.46. The first-order valence-electron chi connectivity index (χ1n) is 6.80. The molecule has 0 spiro atoms. The van der Waals surface area contributed by atoms with E-state index in [1.54, 1.807) is 0 Å². The van der Waals surface area contributed by atoms with Crippen molar-refractivity contribution >= 4 is 27.3 Å². The van der Waals surface area contributed by atoms with E-state index < -0.39 is 0 Å². The van der Waals surface area contributed by atoms with Crippen molar-refractivity contribution in [2.45, 2.75) is 44.8 Å². The van der Waals surface area contributed by atoms with Gasteiger partial charge < -0.3 is 5.32 Å². The van der Waals surface area contributed by atoms with E-state index in [0.29, 0.717) is 11.6 Å². The van der Waals surface area contributed by atoms with Gasteiger partial charge in [-0.3, -0.25) is 4.90 Å². The first kappa shape index (κ1) is 13.1. The highest BCUT2D eigenvalue weighted by Crippen LogP contribution is 2.44. The summed E-state index contributed by atoms with van der Waals surface area (Å²) in [5.41, 5.74) is 0.364. The summed E-state index contributed by atoms with van der Waals surface area (Å²) in [6, 6.07) is 5.04. The molecule has 4 heteroatoms. The van der Waals surface area contributed by atoms with Crippen LogP contribution in [0.4, 0.5) is 0 Å². The van der Waals surface area contributed by atoms with E-state index in [0.717, 1.165) is 19.0 Å². The molecular formula is C14H21BrN2S. The van der Waals surface area contributed by atoms with Gasteiger partial charge in [0.05, 0.1) is 3.79 Å². The van der Waals surface area contributed by atoms with Crippen LogP contribution in [-0.2, 0) is 6.54 Å². The average molecular weight is 329 g/mol. The van der Waals surface area contributed by atoms with E-state index in [2.05, 4.69) is 52.1 Å². The van der Waals surface area contributed by atoms with Gasteiger partial charge >= 0.3 is 0 Å². The van der Waals surface area contributed by atoms with Gasteiger partial charge in [0.25, 0.3) is 0 Å². The summed E-state index contributed by atoms with van der Waals surface area (Å²) >= 11 is 5.44. The zero-order chi connectivity index (χ0) is 12.8. The minimum Gasteiger partial charge on any atom is -0.311 e. The summed E-state index contributed by atoms with van der Waals surface area (Å²) in [7, 11) is 0. The predicted octanol–water partition coefficient (Wildman–Crippen LogP) is 3.47. The Morgan fingerprint density at radius 1 is 1.50 bits per heavy atom. The lowest BCUT2D eigenvalue weighted by Gasteiger charge is -2.48. The molecule has 2 fully saturated rings. The van der Waals surface area contributed by atoms with Gasteiger partial charge in [-0.05, 0) is 60.7 Å². The minimum atomic E-state index is 0.364. The second-order valence-electron chi connectivity index (χ2n) is 6.00. The number of nitrogens with one attached hydrogen (secondary N) is 1. The van der Waals surface area contributed by atoms with E-state index in [4.69, 9.17) is 0 Å². The Morgan fingerprint density at radius 3 is 2.89 bits per heavy atom. The van der Waals surface area contributed by atoms with Gasteiger partial charge in [0.15, 0.2) is 0 Å². The highest BCUT2D eigenvalue weighted by atomic mass is 79.9. The van der Waals surface area contributed by atoms with Gasteiger partial charge in [0.2, 0.25) is 0 Å². The number of halogens is 1. The molecule has 2 nitrogen and oxygen atoms in total. The van der Waals surface area contributed by atoms with Crippen LogP contribution in [-0.4, -0.2) is 29.6 Å². The molecule has 18 heavy (non-hydrogen) atoms. The van der Waals surface area contributed by atoms with Gasteiger partial charge in [-0.25, -0.2) is 0 Å². The molecule has 2 aliphatic rings. The normalized spacial score (nSPS) is 33.8.